The topological polar surface area (TPSA) is 66.5 Å². The van der Waals surface area contributed by atoms with Gasteiger partial charge < -0.3 is 5.32 Å². The molecule has 1 atom stereocenters. The molecule has 5 nitrogen and oxygen atoms in total. The molecule has 1 N–H and O–H groups in total. The highest BCUT2D eigenvalue weighted by molar-refractivity contribution is 7.92. The predicted octanol–water partition coefficient (Wildman–Crippen LogP) is 4.07. The third kappa shape index (κ3) is 5.02. The summed E-state index contributed by atoms with van der Waals surface area (Å²) in [5.74, 6) is -0.362. The van der Waals surface area contributed by atoms with Gasteiger partial charge in [-0.05, 0) is 57.0 Å². The van der Waals surface area contributed by atoms with Gasteiger partial charge in [0.05, 0.1) is 10.6 Å². The molecule has 7 heteroatoms. The van der Waals surface area contributed by atoms with Gasteiger partial charge in [0, 0.05) is 11.1 Å². The Morgan fingerprint density at radius 3 is 2.37 bits per heavy atom. The second kappa shape index (κ2) is 8.76. The average Bonchev–Trinajstić information content (AvgIpc) is 2.62. The number of hydrogen-bond donors (Lipinski definition) is 1. The molecule has 0 aliphatic rings. The van der Waals surface area contributed by atoms with Crippen LogP contribution in [0.4, 0.5) is 5.69 Å². The van der Waals surface area contributed by atoms with Crippen molar-refractivity contribution in [3.63, 3.8) is 0 Å². The van der Waals surface area contributed by atoms with Crippen molar-refractivity contribution >= 4 is 33.2 Å². The van der Waals surface area contributed by atoms with E-state index in [1.165, 1.54) is 0 Å². The quantitative estimate of drug-likeness (QED) is 0.751. The van der Waals surface area contributed by atoms with E-state index in [1.54, 1.807) is 49.4 Å². The summed E-state index contributed by atoms with van der Waals surface area (Å²) in [5, 5.41) is 3.26. The normalized spacial score (nSPS) is 12.5. The maximum atomic E-state index is 13.3. The van der Waals surface area contributed by atoms with Crippen LogP contribution >= 0.6 is 11.6 Å². The molecule has 2 aromatic carbocycles. The van der Waals surface area contributed by atoms with Gasteiger partial charge in [0.1, 0.15) is 6.54 Å². The second-order valence-corrected chi connectivity index (χ2v) is 8.86. The summed E-state index contributed by atoms with van der Waals surface area (Å²) in [6.07, 6.45) is 0.757. The second-order valence-electron chi connectivity index (χ2n) is 6.59. The van der Waals surface area contributed by atoms with Crippen LogP contribution in [0.15, 0.2) is 47.4 Å². The number of amides is 1. The Bertz CT molecular complexity index is 911. The Morgan fingerprint density at radius 2 is 1.78 bits per heavy atom. The van der Waals surface area contributed by atoms with Crippen molar-refractivity contribution < 1.29 is 13.2 Å². The van der Waals surface area contributed by atoms with E-state index >= 15 is 0 Å². The number of carbonyl (C=O) groups excluding carboxylic acids is 1. The minimum absolute atomic E-state index is 0.0399. The monoisotopic (exact) mass is 408 g/mol. The van der Waals surface area contributed by atoms with Crippen molar-refractivity contribution in [3.05, 3.63) is 58.6 Å². The van der Waals surface area contributed by atoms with Crippen LogP contribution in [0, 0.1) is 13.8 Å². The summed E-state index contributed by atoms with van der Waals surface area (Å²) in [7, 11) is -3.93. The van der Waals surface area contributed by atoms with Crippen LogP contribution in [-0.2, 0) is 14.8 Å². The van der Waals surface area contributed by atoms with Crippen LogP contribution in [-0.4, -0.2) is 26.9 Å². The third-order valence-corrected chi connectivity index (χ3v) is 6.61. The van der Waals surface area contributed by atoms with Gasteiger partial charge in [-0.15, -0.1) is 0 Å². The van der Waals surface area contributed by atoms with Gasteiger partial charge >= 0.3 is 0 Å². The molecule has 0 bridgehead atoms. The lowest BCUT2D eigenvalue weighted by atomic mass is 10.2. The number of rotatable bonds is 7. The molecule has 0 saturated heterocycles. The molecule has 0 saturated carbocycles. The summed E-state index contributed by atoms with van der Waals surface area (Å²) >= 11 is 6.20. The van der Waals surface area contributed by atoms with E-state index in [0.29, 0.717) is 16.3 Å². The molecule has 0 aliphatic carbocycles. The summed E-state index contributed by atoms with van der Waals surface area (Å²) in [5.41, 5.74) is 1.95. The van der Waals surface area contributed by atoms with Crippen molar-refractivity contribution in [3.8, 4) is 0 Å². The molecule has 27 heavy (non-hydrogen) atoms. The maximum Gasteiger partial charge on any atom is 0.264 e. The van der Waals surface area contributed by atoms with Crippen molar-refractivity contribution in [2.45, 2.75) is 45.1 Å². The standard InChI is InChI=1S/C20H25ClN2O3S/c1-5-15(3)22-20(24)13-23(19-8-6-7-18(21)16(19)4)27(25,26)17-11-9-14(2)10-12-17/h6-12,15H,5,13H2,1-4H3,(H,22,24)/t15-/m1/s1. The SMILES string of the molecule is CC[C@@H](C)NC(=O)CN(c1cccc(Cl)c1C)S(=O)(=O)c1ccc(C)cc1. The van der Waals surface area contributed by atoms with Crippen LogP contribution in [0.1, 0.15) is 31.4 Å². The molecule has 2 aromatic rings. The van der Waals surface area contributed by atoms with Crippen molar-refractivity contribution in [2.75, 3.05) is 10.8 Å². The summed E-state index contributed by atoms with van der Waals surface area (Å²) in [6.45, 7) is 7.13. The van der Waals surface area contributed by atoms with Crippen LogP contribution in [0.5, 0.6) is 0 Å². The van der Waals surface area contributed by atoms with E-state index < -0.39 is 10.0 Å². The molecular formula is C20H25ClN2O3S. The van der Waals surface area contributed by atoms with E-state index in [1.807, 2.05) is 20.8 Å². The zero-order valence-electron chi connectivity index (χ0n) is 16.0. The van der Waals surface area contributed by atoms with Gasteiger partial charge in [-0.2, -0.15) is 0 Å². The molecule has 0 radical (unpaired) electrons. The fourth-order valence-corrected chi connectivity index (χ4v) is 4.20. The summed E-state index contributed by atoms with van der Waals surface area (Å²) < 4.78 is 27.7. The molecule has 0 aromatic heterocycles. The Hall–Kier alpha value is -2.05. The highest BCUT2D eigenvalue weighted by Crippen LogP contribution is 2.30. The van der Waals surface area contributed by atoms with Crippen molar-refractivity contribution in [1.82, 2.24) is 5.32 Å². The number of sulfonamides is 1. The van der Waals surface area contributed by atoms with Crippen LogP contribution < -0.4 is 9.62 Å². The van der Waals surface area contributed by atoms with Gasteiger partial charge in [-0.1, -0.05) is 42.3 Å². The van der Waals surface area contributed by atoms with E-state index in [0.717, 1.165) is 16.3 Å². The molecule has 0 spiro atoms. The van der Waals surface area contributed by atoms with Crippen LogP contribution in [0.25, 0.3) is 0 Å². The number of hydrogen-bond acceptors (Lipinski definition) is 3. The highest BCUT2D eigenvalue weighted by atomic mass is 35.5. The van der Waals surface area contributed by atoms with Crippen molar-refractivity contribution in [1.29, 1.82) is 0 Å². The first-order chi connectivity index (χ1) is 12.7. The van der Waals surface area contributed by atoms with E-state index in [9.17, 15) is 13.2 Å². The zero-order chi connectivity index (χ0) is 20.2. The van der Waals surface area contributed by atoms with E-state index in [2.05, 4.69) is 5.32 Å². The highest BCUT2D eigenvalue weighted by Gasteiger charge is 2.29. The Morgan fingerprint density at radius 1 is 1.15 bits per heavy atom. The van der Waals surface area contributed by atoms with Gasteiger partial charge in [-0.25, -0.2) is 8.42 Å². The number of nitrogens with one attached hydrogen (secondary N) is 1. The molecular weight excluding hydrogens is 384 g/mol. The molecule has 0 fully saturated rings. The molecule has 1 amide bonds. The van der Waals surface area contributed by atoms with Gasteiger partial charge in [0.2, 0.25) is 5.91 Å². The molecule has 0 heterocycles. The Labute approximate surface area is 166 Å². The fourth-order valence-electron chi connectivity index (χ4n) is 2.56. The lowest BCUT2D eigenvalue weighted by Gasteiger charge is -2.26. The number of carbonyl (C=O) groups is 1. The van der Waals surface area contributed by atoms with Crippen LogP contribution in [0.3, 0.4) is 0 Å². The van der Waals surface area contributed by atoms with Gasteiger partial charge in [0.15, 0.2) is 0 Å². The lowest BCUT2D eigenvalue weighted by Crippen LogP contribution is -2.43. The number of benzene rings is 2. The third-order valence-electron chi connectivity index (χ3n) is 4.42. The average molecular weight is 409 g/mol. The summed E-state index contributed by atoms with van der Waals surface area (Å²) in [6, 6.07) is 11.5. The first-order valence-electron chi connectivity index (χ1n) is 8.80. The summed E-state index contributed by atoms with van der Waals surface area (Å²) in [4.78, 5) is 12.6. The molecule has 146 valence electrons. The van der Waals surface area contributed by atoms with E-state index in [-0.39, 0.29) is 23.4 Å². The molecule has 2 rings (SSSR count). The zero-order valence-corrected chi connectivity index (χ0v) is 17.6. The number of halogens is 1. The smallest absolute Gasteiger partial charge is 0.264 e. The number of anilines is 1. The minimum Gasteiger partial charge on any atom is -0.352 e. The van der Waals surface area contributed by atoms with Gasteiger partial charge in [0.25, 0.3) is 10.0 Å². The fraction of sp³-hybridized carbons (Fsp3) is 0.350. The Kier molecular flexibility index (Phi) is 6.89. The predicted molar refractivity (Wildman–Crippen MR) is 110 cm³/mol. The van der Waals surface area contributed by atoms with Crippen molar-refractivity contribution in [2.24, 2.45) is 0 Å². The van der Waals surface area contributed by atoms with Gasteiger partial charge in [-0.3, -0.25) is 9.10 Å². The number of nitrogens with zero attached hydrogens (tertiary/aromatic N) is 1. The minimum atomic E-state index is -3.93. The van der Waals surface area contributed by atoms with Crippen LogP contribution in [0.2, 0.25) is 5.02 Å². The molecule has 0 unspecified atom stereocenters. The molecule has 0 aliphatic heterocycles. The number of aryl methyl sites for hydroxylation is 1. The Balaban J connectivity index is 2.50. The largest absolute Gasteiger partial charge is 0.352 e. The first kappa shape index (κ1) is 21.3. The first-order valence-corrected chi connectivity index (χ1v) is 10.6. The maximum absolute atomic E-state index is 13.3. The lowest BCUT2D eigenvalue weighted by molar-refractivity contribution is -0.120. The van der Waals surface area contributed by atoms with E-state index in [4.69, 9.17) is 11.6 Å².